The van der Waals surface area contributed by atoms with Gasteiger partial charge >= 0.3 is 0 Å². The molecular formula is C13H16FN3O. The molecule has 0 bridgehead atoms. The van der Waals surface area contributed by atoms with Gasteiger partial charge in [-0.1, -0.05) is 6.07 Å². The Morgan fingerprint density at radius 1 is 1.39 bits per heavy atom. The second kappa shape index (κ2) is 6.16. The molecule has 0 aliphatic carbocycles. The number of aromatic hydroxyl groups is 1. The van der Waals surface area contributed by atoms with Crippen molar-refractivity contribution < 1.29 is 9.50 Å². The Morgan fingerprint density at radius 2 is 2.28 bits per heavy atom. The number of hydrogen-bond donors (Lipinski definition) is 2. The van der Waals surface area contributed by atoms with E-state index >= 15 is 0 Å². The van der Waals surface area contributed by atoms with E-state index in [0.717, 1.165) is 25.1 Å². The number of nitrogens with one attached hydrogen (secondary N) is 1. The third-order valence-corrected chi connectivity index (χ3v) is 2.64. The molecule has 5 heteroatoms. The predicted octanol–water partition coefficient (Wildman–Crippen LogP) is 1.91. The normalized spacial score (nSPS) is 10.7. The summed E-state index contributed by atoms with van der Waals surface area (Å²) in [6.45, 7) is 2.29. The largest absolute Gasteiger partial charge is 0.505 e. The standard InChI is InChI=1S/C13H16FN3O/c14-12-9-11(3-4-13(12)18)10-15-5-1-7-17-8-2-6-16-17/h2-4,6,8-9,15,18H,1,5,7,10H2. The molecule has 0 atom stereocenters. The van der Waals surface area contributed by atoms with Crippen LogP contribution in [0.3, 0.4) is 0 Å². The fraction of sp³-hybridized carbons (Fsp3) is 0.308. The first-order valence-corrected chi connectivity index (χ1v) is 5.91. The van der Waals surface area contributed by atoms with Gasteiger partial charge < -0.3 is 10.4 Å². The van der Waals surface area contributed by atoms with Gasteiger partial charge in [-0.05, 0) is 36.7 Å². The molecule has 1 aromatic carbocycles. The van der Waals surface area contributed by atoms with Crippen molar-refractivity contribution in [1.29, 1.82) is 0 Å². The van der Waals surface area contributed by atoms with Gasteiger partial charge in [0.05, 0.1) is 0 Å². The lowest BCUT2D eigenvalue weighted by Gasteiger charge is -2.06. The first kappa shape index (κ1) is 12.6. The van der Waals surface area contributed by atoms with Crippen molar-refractivity contribution in [2.75, 3.05) is 6.54 Å². The molecule has 0 saturated carbocycles. The molecule has 1 aromatic heterocycles. The Morgan fingerprint density at radius 3 is 3.00 bits per heavy atom. The highest BCUT2D eigenvalue weighted by Gasteiger charge is 2.00. The third-order valence-electron chi connectivity index (χ3n) is 2.64. The van der Waals surface area contributed by atoms with Gasteiger partial charge in [-0.25, -0.2) is 4.39 Å². The Bertz CT molecular complexity index is 485. The fourth-order valence-corrected chi connectivity index (χ4v) is 1.69. The summed E-state index contributed by atoms with van der Waals surface area (Å²) < 4.78 is 14.9. The molecule has 0 fully saturated rings. The van der Waals surface area contributed by atoms with Gasteiger partial charge in [-0.15, -0.1) is 0 Å². The molecule has 0 aliphatic heterocycles. The molecule has 4 nitrogen and oxygen atoms in total. The van der Waals surface area contributed by atoms with Crippen molar-refractivity contribution in [3.63, 3.8) is 0 Å². The summed E-state index contributed by atoms with van der Waals surface area (Å²) in [7, 11) is 0. The lowest BCUT2D eigenvalue weighted by atomic mass is 10.2. The topological polar surface area (TPSA) is 50.1 Å². The minimum absolute atomic E-state index is 0.308. The number of phenolic OH excluding ortho intramolecular Hbond substituents is 1. The Balaban J connectivity index is 1.67. The van der Waals surface area contributed by atoms with E-state index in [4.69, 9.17) is 5.11 Å². The van der Waals surface area contributed by atoms with E-state index in [-0.39, 0.29) is 5.75 Å². The Hall–Kier alpha value is -1.88. The van der Waals surface area contributed by atoms with Crippen LogP contribution in [-0.4, -0.2) is 21.4 Å². The molecule has 96 valence electrons. The second-order valence-corrected chi connectivity index (χ2v) is 4.09. The molecule has 2 rings (SSSR count). The third kappa shape index (κ3) is 3.56. The van der Waals surface area contributed by atoms with E-state index in [0.29, 0.717) is 6.54 Å². The highest BCUT2D eigenvalue weighted by molar-refractivity contribution is 5.27. The molecule has 0 radical (unpaired) electrons. The van der Waals surface area contributed by atoms with E-state index in [9.17, 15) is 4.39 Å². The number of aromatic nitrogens is 2. The van der Waals surface area contributed by atoms with Crippen molar-refractivity contribution in [2.24, 2.45) is 0 Å². The quantitative estimate of drug-likeness (QED) is 0.769. The van der Waals surface area contributed by atoms with Crippen molar-refractivity contribution in [3.05, 3.63) is 48.0 Å². The monoisotopic (exact) mass is 249 g/mol. The first-order valence-electron chi connectivity index (χ1n) is 5.91. The molecule has 2 aromatic rings. The van der Waals surface area contributed by atoms with Crippen LogP contribution >= 0.6 is 0 Å². The zero-order chi connectivity index (χ0) is 12.8. The first-order chi connectivity index (χ1) is 8.75. The van der Waals surface area contributed by atoms with Crippen LogP contribution in [0.1, 0.15) is 12.0 Å². The summed E-state index contributed by atoms with van der Waals surface area (Å²) in [6, 6.07) is 6.32. The van der Waals surface area contributed by atoms with Crippen molar-refractivity contribution in [2.45, 2.75) is 19.5 Å². The van der Waals surface area contributed by atoms with Gasteiger partial charge in [0.2, 0.25) is 0 Å². The fourth-order valence-electron chi connectivity index (χ4n) is 1.69. The molecule has 0 aliphatic rings. The molecule has 0 saturated heterocycles. The van der Waals surface area contributed by atoms with E-state index in [1.165, 1.54) is 12.1 Å². The molecule has 1 heterocycles. The Kier molecular flexibility index (Phi) is 4.30. The van der Waals surface area contributed by atoms with Gasteiger partial charge in [0.25, 0.3) is 0 Å². The van der Waals surface area contributed by atoms with Crippen LogP contribution in [0, 0.1) is 5.82 Å². The molecule has 2 N–H and O–H groups in total. The summed E-state index contributed by atoms with van der Waals surface area (Å²) >= 11 is 0. The van der Waals surface area contributed by atoms with E-state index in [1.807, 2.05) is 16.9 Å². The summed E-state index contributed by atoms with van der Waals surface area (Å²) in [4.78, 5) is 0. The van der Waals surface area contributed by atoms with Crippen LogP contribution < -0.4 is 5.32 Å². The number of nitrogens with zero attached hydrogens (tertiary/aromatic N) is 2. The highest BCUT2D eigenvalue weighted by atomic mass is 19.1. The molecule has 0 amide bonds. The number of aryl methyl sites for hydroxylation is 1. The number of hydrogen-bond acceptors (Lipinski definition) is 3. The maximum Gasteiger partial charge on any atom is 0.165 e. The molecule has 18 heavy (non-hydrogen) atoms. The molecule has 0 unspecified atom stereocenters. The average molecular weight is 249 g/mol. The van der Waals surface area contributed by atoms with Crippen LogP contribution in [-0.2, 0) is 13.1 Å². The van der Waals surface area contributed by atoms with Gasteiger partial charge in [-0.3, -0.25) is 4.68 Å². The second-order valence-electron chi connectivity index (χ2n) is 4.09. The zero-order valence-electron chi connectivity index (χ0n) is 10.0. The smallest absolute Gasteiger partial charge is 0.165 e. The minimum atomic E-state index is -0.578. The molecular weight excluding hydrogens is 233 g/mol. The van der Waals surface area contributed by atoms with E-state index < -0.39 is 5.82 Å². The number of rotatable bonds is 6. The molecule has 0 spiro atoms. The van der Waals surface area contributed by atoms with Crippen molar-refractivity contribution in [1.82, 2.24) is 15.1 Å². The summed E-state index contributed by atoms with van der Waals surface area (Å²) in [5.74, 6) is -0.886. The number of halogens is 1. The van der Waals surface area contributed by atoms with E-state index in [1.54, 1.807) is 12.3 Å². The van der Waals surface area contributed by atoms with E-state index in [2.05, 4.69) is 10.4 Å². The number of benzene rings is 1. The van der Waals surface area contributed by atoms with Crippen LogP contribution in [0.25, 0.3) is 0 Å². The summed E-state index contributed by atoms with van der Waals surface area (Å²) in [6.07, 6.45) is 4.64. The maximum atomic E-state index is 13.1. The summed E-state index contributed by atoms with van der Waals surface area (Å²) in [5, 5.41) is 16.4. The predicted molar refractivity (Wildman–Crippen MR) is 66.6 cm³/mol. The highest BCUT2D eigenvalue weighted by Crippen LogP contribution is 2.15. The maximum absolute atomic E-state index is 13.1. The Labute approximate surface area is 105 Å². The van der Waals surface area contributed by atoms with Crippen molar-refractivity contribution in [3.8, 4) is 5.75 Å². The summed E-state index contributed by atoms with van der Waals surface area (Å²) in [5.41, 5.74) is 0.824. The zero-order valence-corrected chi connectivity index (χ0v) is 10.0. The average Bonchev–Trinajstić information content (AvgIpc) is 2.86. The van der Waals surface area contributed by atoms with Crippen LogP contribution in [0.5, 0.6) is 5.75 Å². The lowest BCUT2D eigenvalue weighted by molar-refractivity contribution is 0.431. The lowest BCUT2D eigenvalue weighted by Crippen LogP contribution is -2.16. The van der Waals surface area contributed by atoms with Gasteiger partial charge in [0.15, 0.2) is 11.6 Å². The minimum Gasteiger partial charge on any atom is -0.505 e. The van der Waals surface area contributed by atoms with Gasteiger partial charge in [0, 0.05) is 25.5 Å². The van der Waals surface area contributed by atoms with Crippen LogP contribution in [0.2, 0.25) is 0 Å². The van der Waals surface area contributed by atoms with Crippen LogP contribution in [0.15, 0.2) is 36.7 Å². The van der Waals surface area contributed by atoms with Gasteiger partial charge in [0.1, 0.15) is 0 Å². The SMILES string of the molecule is Oc1ccc(CNCCCn2cccn2)cc1F. The van der Waals surface area contributed by atoms with Gasteiger partial charge in [-0.2, -0.15) is 5.10 Å². The van der Waals surface area contributed by atoms with Crippen LogP contribution in [0.4, 0.5) is 4.39 Å². The van der Waals surface area contributed by atoms with Crippen molar-refractivity contribution >= 4 is 0 Å². The number of phenols is 1.